The van der Waals surface area contributed by atoms with E-state index in [4.69, 9.17) is 10.5 Å². The Bertz CT molecular complexity index is 246. The summed E-state index contributed by atoms with van der Waals surface area (Å²) < 4.78 is 5.48. The van der Waals surface area contributed by atoms with Crippen LogP contribution in [0.1, 0.15) is 40.0 Å². The maximum Gasteiger partial charge on any atom is 0.237 e. The summed E-state index contributed by atoms with van der Waals surface area (Å²) in [6.07, 6.45) is 3.30. The third-order valence-corrected chi connectivity index (χ3v) is 3.72. The van der Waals surface area contributed by atoms with Crippen LogP contribution in [0.2, 0.25) is 0 Å². The third kappa shape index (κ3) is 4.64. The Morgan fingerprint density at radius 1 is 1.59 bits per heavy atom. The van der Waals surface area contributed by atoms with Crippen LogP contribution in [0.4, 0.5) is 0 Å². The van der Waals surface area contributed by atoms with E-state index >= 15 is 0 Å². The molecule has 4 heteroatoms. The zero-order chi connectivity index (χ0) is 12.8. The van der Waals surface area contributed by atoms with Gasteiger partial charge in [0.15, 0.2) is 0 Å². The van der Waals surface area contributed by atoms with Gasteiger partial charge < -0.3 is 15.8 Å². The van der Waals surface area contributed by atoms with Crippen LogP contribution in [0.25, 0.3) is 0 Å². The second-order valence-electron chi connectivity index (χ2n) is 5.23. The molecule has 1 aliphatic rings. The quantitative estimate of drug-likeness (QED) is 0.763. The van der Waals surface area contributed by atoms with Gasteiger partial charge in [-0.05, 0) is 31.6 Å². The molecule has 0 aromatic carbocycles. The first-order valence-corrected chi connectivity index (χ1v) is 6.69. The largest absolute Gasteiger partial charge is 0.378 e. The molecular weight excluding hydrogens is 216 g/mol. The lowest BCUT2D eigenvalue weighted by Crippen LogP contribution is -2.46. The van der Waals surface area contributed by atoms with Gasteiger partial charge >= 0.3 is 0 Å². The molecule has 1 aliphatic heterocycles. The number of hydrogen-bond donors (Lipinski definition) is 2. The monoisotopic (exact) mass is 242 g/mol. The number of carbonyl (C=O) groups excluding carboxylic acids is 1. The Morgan fingerprint density at radius 3 is 2.88 bits per heavy atom. The third-order valence-electron chi connectivity index (χ3n) is 3.72. The molecule has 1 rings (SSSR count). The fraction of sp³-hybridized carbons (Fsp3) is 0.923. The first-order chi connectivity index (χ1) is 8.04. The van der Waals surface area contributed by atoms with Crippen molar-refractivity contribution in [3.8, 4) is 0 Å². The maximum atomic E-state index is 11.8. The number of rotatable bonds is 5. The molecular formula is C13H26N2O2. The van der Waals surface area contributed by atoms with Crippen LogP contribution in [-0.2, 0) is 9.53 Å². The van der Waals surface area contributed by atoms with Gasteiger partial charge in [0.1, 0.15) is 0 Å². The normalized spacial score (nSPS) is 28.5. The molecule has 0 radical (unpaired) electrons. The minimum atomic E-state index is -0.378. The molecule has 100 valence electrons. The summed E-state index contributed by atoms with van der Waals surface area (Å²) >= 11 is 0. The van der Waals surface area contributed by atoms with Crippen LogP contribution < -0.4 is 11.1 Å². The van der Waals surface area contributed by atoms with Crippen molar-refractivity contribution in [2.45, 2.75) is 52.2 Å². The lowest BCUT2D eigenvalue weighted by atomic mass is 9.95. The highest BCUT2D eigenvalue weighted by Crippen LogP contribution is 2.19. The van der Waals surface area contributed by atoms with Gasteiger partial charge in [-0.3, -0.25) is 4.79 Å². The van der Waals surface area contributed by atoms with Gasteiger partial charge in [-0.15, -0.1) is 0 Å². The molecule has 0 aromatic rings. The lowest BCUT2D eigenvalue weighted by molar-refractivity contribution is -0.123. The van der Waals surface area contributed by atoms with E-state index in [1.165, 1.54) is 0 Å². The predicted molar refractivity (Wildman–Crippen MR) is 68.6 cm³/mol. The molecule has 4 atom stereocenters. The SMILES string of the molecule is CCC(C)C(N)C(=O)NCC1CCOC(C)C1. The van der Waals surface area contributed by atoms with E-state index < -0.39 is 0 Å². The summed E-state index contributed by atoms with van der Waals surface area (Å²) in [7, 11) is 0. The number of amides is 1. The average molecular weight is 242 g/mol. The van der Waals surface area contributed by atoms with Gasteiger partial charge in [0.25, 0.3) is 0 Å². The molecule has 0 saturated carbocycles. The van der Waals surface area contributed by atoms with E-state index in [1.54, 1.807) is 0 Å². The summed E-state index contributed by atoms with van der Waals surface area (Å²) in [5, 5.41) is 2.97. The molecule has 1 amide bonds. The van der Waals surface area contributed by atoms with Crippen molar-refractivity contribution in [2.24, 2.45) is 17.6 Å². The molecule has 0 aliphatic carbocycles. The van der Waals surface area contributed by atoms with Crippen molar-refractivity contribution in [1.29, 1.82) is 0 Å². The van der Waals surface area contributed by atoms with Gasteiger partial charge in [-0.1, -0.05) is 20.3 Å². The summed E-state index contributed by atoms with van der Waals surface area (Å²) in [6.45, 7) is 7.69. The number of ether oxygens (including phenoxy) is 1. The molecule has 17 heavy (non-hydrogen) atoms. The highest BCUT2D eigenvalue weighted by Gasteiger charge is 2.23. The first kappa shape index (κ1) is 14.5. The molecule has 0 aromatic heterocycles. The van der Waals surface area contributed by atoms with Gasteiger partial charge in [0, 0.05) is 13.2 Å². The van der Waals surface area contributed by atoms with Crippen molar-refractivity contribution in [3.05, 3.63) is 0 Å². The van der Waals surface area contributed by atoms with Crippen molar-refractivity contribution in [1.82, 2.24) is 5.32 Å². The zero-order valence-corrected chi connectivity index (χ0v) is 11.2. The Labute approximate surface area is 104 Å². The highest BCUT2D eigenvalue weighted by molar-refractivity contribution is 5.81. The van der Waals surface area contributed by atoms with E-state index in [0.29, 0.717) is 12.0 Å². The van der Waals surface area contributed by atoms with Gasteiger partial charge in [-0.2, -0.15) is 0 Å². The van der Waals surface area contributed by atoms with Crippen LogP contribution in [0.3, 0.4) is 0 Å². The lowest BCUT2D eigenvalue weighted by Gasteiger charge is -2.28. The van der Waals surface area contributed by atoms with Gasteiger partial charge in [-0.25, -0.2) is 0 Å². The fourth-order valence-corrected chi connectivity index (χ4v) is 2.15. The van der Waals surface area contributed by atoms with Crippen LogP contribution >= 0.6 is 0 Å². The summed E-state index contributed by atoms with van der Waals surface area (Å²) in [5.41, 5.74) is 5.88. The first-order valence-electron chi connectivity index (χ1n) is 6.69. The number of hydrogen-bond acceptors (Lipinski definition) is 3. The molecule has 0 spiro atoms. The van der Waals surface area contributed by atoms with E-state index in [-0.39, 0.29) is 17.9 Å². The molecule has 1 heterocycles. The predicted octanol–water partition coefficient (Wildman–Crippen LogP) is 1.29. The van der Waals surface area contributed by atoms with Crippen LogP contribution in [-0.4, -0.2) is 31.2 Å². The second kappa shape index (κ2) is 6.97. The van der Waals surface area contributed by atoms with Crippen molar-refractivity contribution < 1.29 is 9.53 Å². The maximum absolute atomic E-state index is 11.8. The Kier molecular flexibility index (Phi) is 5.92. The molecule has 3 N–H and O–H groups in total. The van der Waals surface area contributed by atoms with Crippen molar-refractivity contribution in [3.63, 3.8) is 0 Å². The van der Waals surface area contributed by atoms with Gasteiger partial charge in [0.05, 0.1) is 12.1 Å². The van der Waals surface area contributed by atoms with E-state index in [0.717, 1.165) is 32.4 Å². The van der Waals surface area contributed by atoms with E-state index in [2.05, 4.69) is 19.2 Å². The molecule has 1 fully saturated rings. The van der Waals surface area contributed by atoms with Crippen LogP contribution in [0, 0.1) is 11.8 Å². The fourth-order valence-electron chi connectivity index (χ4n) is 2.15. The molecule has 0 bridgehead atoms. The second-order valence-corrected chi connectivity index (χ2v) is 5.23. The van der Waals surface area contributed by atoms with Crippen molar-refractivity contribution in [2.75, 3.05) is 13.2 Å². The van der Waals surface area contributed by atoms with Gasteiger partial charge in [0.2, 0.25) is 5.91 Å². The van der Waals surface area contributed by atoms with Crippen LogP contribution in [0.5, 0.6) is 0 Å². The van der Waals surface area contributed by atoms with E-state index in [1.807, 2.05) is 6.92 Å². The number of nitrogens with one attached hydrogen (secondary N) is 1. The summed E-state index contributed by atoms with van der Waals surface area (Å²) in [6, 6.07) is -0.378. The Balaban J connectivity index is 2.27. The Hall–Kier alpha value is -0.610. The minimum absolute atomic E-state index is 0.0153. The average Bonchev–Trinajstić information content (AvgIpc) is 2.34. The van der Waals surface area contributed by atoms with Crippen LogP contribution in [0.15, 0.2) is 0 Å². The number of carbonyl (C=O) groups is 1. The smallest absolute Gasteiger partial charge is 0.237 e. The molecule has 4 unspecified atom stereocenters. The topological polar surface area (TPSA) is 64.4 Å². The summed E-state index contributed by atoms with van der Waals surface area (Å²) in [5.74, 6) is 0.758. The standard InChI is InChI=1S/C13H26N2O2/c1-4-9(2)12(14)13(16)15-8-11-5-6-17-10(3)7-11/h9-12H,4-8,14H2,1-3H3,(H,15,16). The minimum Gasteiger partial charge on any atom is -0.378 e. The Morgan fingerprint density at radius 2 is 2.29 bits per heavy atom. The molecule has 1 saturated heterocycles. The number of nitrogens with two attached hydrogens (primary N) is 1. The van der Waals surface area contributed by atoms with Crippen molar-refractivity contribution >= 4 is 5.91 Å². The molecule has 4 nitrogen and oxygen atoms in total. The van der Waals surface area contributed by atoms with E-state index in [9.17, 15) is 4.79 Å². The highest BCUT2D eigenvalue weighted by atomic mass is 16.5. The summed E-state index contributed by atoms with van der Waals surface area (Å²) in [4.78, 5) is 11.8. The zero-order valence-electron chi connectivity index (χ0n) is 11.2.